The van der Waals surface area contributed by atoms with Crippen LogP contribution in [-0.2, 0) is 6.42 Å². The first kappa shape index (κ1) is 12.5. The van der Waals surface area contributed by atoms with Gasteiger partial charge in [0, 0.05) is 0 Å². The Bertz CT molecular complexity index is 377. The van der Waals surface area contributed by atoms with E-state index in [0.717, 1.165) is 18.4 Å². The molecule has 1 aromatic carbocycles. The Hall–Kier alpha value is -1.56. The lowest BCUT2D eigenvalue weighted by molar-refractivity contribution is 1.22. The molecule has 0 aliphatic heterocycles. The lowest BCUT2D eigenvalue weighted by Crippen LogP contribution is -1.82. The summed E-state index contributed by atoms with van der Waals surface area (Å²) >= 11 is 0. The molecular formula is C16H20. The predicted molar refractivity (Wildman–Crippen MR) is 73.4 cm³/mol. The van der Waals surface area contributed by atoms with Gasteiger partial charge in [-0.2, -0.15) is 0 Å². The number of allylic oxidation sites excluding steroid dienone is 5. The minimum atomic E-state index is 0.991. The van der Waals surface area contributed by atoms with Gasteiger partial charge in [-0.3, -0.25) is 0 Å². The van der Waals surface area contributed by atoms with Crippen LogP contribution in [0.25, 0.3) is 5.57 Å². The van der Waals surface area contributed by atoms with E-state index in [1.165, 1.54) is 11.1 Å². The van der Waals surface area contributed by atoms with Crippen molar-refractivity contribution in [2.45, 2.75) is 26.7 Å². The van der Waals surface area contributed by atoms with Gasteiger partial charge in [0.05, 0.1) is 0 Å². The monoisotopic (exact) mass is 212 g/mol. The number of hydrogen-bond acceptors (Lipinski definition) is 0. The van der Waals surface area contributed by atoms with Crippen LogP contribution in [-0.4, -0.2) is 0 Å². The summed E-state index contributed by atoms with van der Waals surface area (Å²) in [6, 6.07) is 8.59. The zero-order chi connectivity index (χ0) is 11.8. The van der Waals surface area contributed by atoms with Crippen molar-refractivity contribution in [2.75, 3.05) is 0 Å². The van der Waals surface area contributed by atoms with E-state index in [0.29, 0.717) is 0 Å². The molecule has 0 saturated carbocycles. The Kier molecular flexibility index (Phi) is 5.35. The van der Waals surface area contributed by atoms with Crippen LogP contribution in [0.3, 0.4) is 0 Å². The molecule has 0 radical (unpaired) electrons. The third-order valence-electron chi connectivity index (χ3n) is 2.42. The third-order valence-corrected chi connectivity index (χ3v) is 2.42. The first-order valence-electron chi connectivity index (χ1n) is 5.80. The zero-order valence-corrected chi connectivity index (χ0v) is 10.2. The van der Waals surface area contributed by atoms with Crippen LogP contribution < -0.4 is 0 Å². The quantitative estimate of drug-likeness (QED) is 0.616. The predicted octanol–water partition coefficient (Wildman–Crippen LogP) is 4.78. The van der Waals surface area contributed by atoms with Crippen molar-refractivity contribution in [3.05, 3.63) is 66.3 Å². The number of hydrogen-bond donors (Lipinski definition) is 0. The highest BCUT2D eigenvalue weighted by atomic mass is 14.0. The van der Waals surface area contributed by atoms with E-state index < -0.39 is 0 Å². The fraction of sp³-hybridized carbons (Fsp3) is 0.250. The fourth-order valence-corrected chi connectivity index (χ4v) is 1.42. The highest BCUT2D eigenvalue weighted by Gasteiger charge is 1.92. The van der Waals surface area contributed by atoms with Gasteiger partial charge >= 0.3 is 0 Å². The Morgan fingerprint density at radius 2 is 1.75 bits per heavy atom. The van der Waals surface area contributed by atoms with Gasteiger partial charge in [-0.25, -0.2) is 0 Å². The zero-order valence-electron chi connectivity index (χ0n) is 10.2. The SMILES string of the molecule is C=C(C)c1ccc(C/C=C\C=C/CC)cc1. The van der Waals surface area contributed by atoms with Gasteiger partial charge in [-0.05, 0) is 30.9 Å². The second-order valence-electron chi connectivity index (χ2n) is 3.95. The van der Waals surface area contributed by atoms with Crippen molar-refractivity contribution in [2.24, 2.45) is 0 Å². The van der Waals surface area contributed by atoms with Gasteiger partial charge < -0.3 is 0 Å². The maximum absolute atomic E-state index is 3.93. The van der Waals surface area contributed by atoms with Crippen molar-refractivity contribution in [3.63, 3.8) is 0 Å². The summed E-state index contributed by atoms with van der Waals surface area (Å²) in [6.07, 6.45) is 10.6. The Morgan fingerprint density at radius 1 is 1.12 bits per heavy atom. The standard InChI is InChI=1S/C16H20/c1-4-5-6-7-8-9-15-10-12-16(13-11-15)14(2)3/h5-8,10-13H,2,4,9H2,1,3H3/b6-5-,8-7-. The van der Waals surface area contributed by atoms with Crippen LogP contribution in [0.1, 0.15) is 31.4 Å². The molecule has 0 atom stereocenters. The summed E-state index contributed by atoms with van der Waals surface area (Å²) in [5.41, 5.74) is 3.68. The van der Waals surface area contributed by atoms with E-state index in [1.54, 1.807) is 0 Å². The van der Waals surface area contributed by atoms with E-state index in [9.17, 15) is 0 Å². The Labute approximate surface area is 99.0 Å². The van der Waals surface area contributed by atoms with Crippen LogP contribution in [0.5, 0.6) is 0 Å². The summed E-state index contributed by atoms with van der Waals surface area (Å²) < 4.78 is 0. The third kappa shape index (κ3) is 4.31. The van der Waals surface area contributed by atoms with E-state index in [2.05, 4.69) is 62.1 Å². The van der Waals surface area contributed by atoms with Crippen molar-refractivity contribution >= 4 is 5.57 Å². The minimum Gasteiger partial charge on any atom is -0.0955 e. The summed E-state index contributed by atoms with van der Waals surface area (Å²) in [4.78, 5) is 0. The van der Waals surface area contributed by atoms with Gasteiger partial charge in [-0.15, -0.1) is 0 Å². The molecule has 1 aromatic rings. The fourth-order valence-electron chi connectivity index (χ4n) is 1.42. The van der Waals surface area contributed by atoms with E-state index >= 15 is 0 Å². The molecule has 0 heterocycles. The van der Waals surface area contributed by atoms with Crippen LogP contribution >= 0.6 is 0 Å². The summed E-state index contributed by atoms with van der Waals surface area (Å²) in [6.45, 7) is 8.10. The molecule has 0 N–H and O–H groups in total. The van der Waals surface area contributed by atoms with Crippen molar-refractivity contribution < 1.29 is 0 Å². The molecule has 0 aromatic heterocycles. The Morgan fingerprint density at radius 3 is 2.31 bits per heavy atom. The van der Waals surface area contributed by atoms with Gasteiger partial charge in [0.2, 0.25) is 0 Å². The first-order valence-corrected chi connectivity index (χ1v) is 5.80. The maximum atomic E-state index is 3.93. The van der Waals surface area contributed by atoms with Crippen LogP contribution in [0, 0.1) is 0 Å². The molecule has 0 spiro atoms. The summed E-state index contributed by atoms with van der Waals surface area (Å²) in [7, 11) is 0. The second kappa shape index (κ2) is 6.84. The topological polar surface area (TPSA) is 0 Å². The maximum Gasteiger partial charge on any atom is -0.00943 e. The molecule has 0 bridgehead atoms. The highest BCUT2D eigenvalue weighted by Crippen LogP contribution is 2.12. The van der Waals surface area contributed by atoms with Gasteiger partial charge in [0.1, 0.15) is 0 Å². The summed E-state index contributed by atoms with van der Waals surface area (Å²) in [5, 5.41) is 0. The molecule has 0 aliphatic rings. The molecule has 0 unspecified atom stereocenters. The van der Waals surface area contributed by atoms with Gasteiger partial charge in [0.15, 0.2) is 0 Å². The van der Waals surface area contributed by atoms with Gasteiger partial charge in [-0.1, -0.05) is 67.6 Å². The number of benzene rings is 1. The normalized spacial score (nSPS) is 11.4. The van der Waals surface area contributed by atoms with E-state index in [1.807, 2.05) is 6.92 Å². The molecule has 84 valence electrons. The van der Waals surface area contributed by atoms with Crippen LogP contribution in [0.15, 0.2) is 55.1 Å². The largest absolute Gasteiger partial charge is 0.0955 e. The highest BCUT2D eigenvalue weighted by molar-refractivity contribution is 5.61. The number of rotatable bonds is 5. The average Bonchev–Trinajstić information content (AvgIpc) is 2.29. The van der Waals surface area contributed by atoms with Crippen LogP contribution in [0.2, 0.25) is 0 Å². The molecular weight excluding hydrogens is 192 g/mol. The summed E-state index contributed by atoms with van der Waals surface area (Å²) in [5.74, 6) is 0. The molecule has 16 heavy (non-hydrogen) atoms. The minimum absolute atomic E-state index is 0.991. The van der Waals surface area contributed by atoms with Crippen LogP contribution in [0.4, 0.5) is 0 Å². The van der Waals surface area contributed by atoms with Gasteiger partial charge in [0.25, 0.3) is 0 Å². The van der Waals surface area contributed by atoms with Crippen molar-refractivity contribution in [1.82, 2.24) is 0 Å². The molecule has 0 amide bonds. The van der Waals surface area contributed by atoms with Crippen molar-refractivity contribution in [3.8, 4) is 0 Å². The van der Waals surface area contributed by atoms with Crippen molar-refractivity contribution in [1.29, 1.82) is 0 Å². The molecule has 0 aliphatic carbocycles. The smallest absolute Gasteiger partial charge is 0.00943 e. The Balaban J connectivity index is 2.52. The molecule has 1 rings (SSSR count). The van der Waals surface area contributed by atoms with E-state index in [4.69, 9.17) is 0 Å². The molecule has 0 saturated heterocycles. The second-order valence-corrected chi connectivity index (χ2v) is 3.95. The average molecular weight is 212 g/mol. The molecule has 0 fully saturated rings. The van der Waals surface area contributed by atoms with E-state index in [-0.39, 0.29) is 0 Å². The lowest BCUT2D eigenvalue weighted by Gasteiger charge is -2.00. The molecule has 0 heteroatoms. The lowest BCUT2D eigenvalue weighted by atomic mass is 10.1. The molecule has 0 nitrogen and oxygen atoms in total. The first-order chi connectivity index (χ1) is 7.74.